The summed E-state index contributed by atoms with van der Waals surface area (Å²) in [4.78, 5) is 14.7. The molecule has 1 fully saturated rings. The van der Waals surface area contributed by atoms with Gasteiger partial charge in [-0.3, -0.25) is 4.79 Å². The van der Waals surface area contributed by atoms with E-state index in [9.17, 15) is 4.79 Å². The number of amides is 1. The largest absolute Gasteiger partial charge is 0.338 e. The van der Waals surface area contributed by atoms with E-state index in [4.69, 9.17) is 0 Å². The molecular weight excluding hydrogens is 248 g/mol. The van der Waals surface area contributed by atoms with E-state index in [2.05, 4.69) is 25.2 Å². The van der Waals surface area contributed by atoms with Crippen molar-refractivity contribution >= 4 is 5.91 Å². The summed E-state index contributed by atoms with van der Waals surface area (Å²) in [6.07, 6.45) is 2.16. The van der Waals surface area contributed by atoms with Crippen molar-refractivity contribution in [2.24, 2.45) is 5.92 Å². The highest BCUT2D eigenvalue weighted by Gasteiger charge is 2.30. The number of likely N-dealkylation sites (tertiary alicyclic amines) is 1. The molecule has 3 heteroatoms. The minimum absolute atomic E-state index is 0.190. The van der Waals surface area contributed by atoms with Crippen molar-refractivity contribution in [2.45, 2.75) is 39.7 Å². The van der Waals surface area contributed by atoms with Gasteiger partial charge in [0.25, 0.3) is 5.91 Å². The predicted octanol–water partition coefficient (Wildman–Crippen LogP) is 2.76. The van der Waals surface area contributed by atoms with Gasteiger partial charge in [-0.25, -0.2) is 0 Å². The molecule has 0 bridgehead atoms. The van der Waals surface area contributed by atoms with Gasteiger partial charge in [0.05, 0.1) is 0 Å². The molecule has 2 rings (SSSR count). The summed E-state index contributed by atoms with van der Waals surface area (Å²) < 4.78 is 0. The fourth-order valence-corrected chi connectivity index (χ4v) is 3.23. The van der Waals surface area contributed by atoms with Crippen LogP contribution in [0.2, 0.25) is 0 Å². The zero-order valence-electron chi connectivity index (χ0n) is 13.1. The van der Waals surface area contributed by atoms with Gasteiger partial charge >= 0.3 is 0 Å². The zero-order chi connectivity index (χ0) is 14.7. The van der Waals surface area contributed by atoms with Crippen LogP contribution in [0.25, 0.3) is 0 Å². The monoisotopic (exact) mass is 274 g/mol. The number of rotatable bonds is 3. The quantitative estimate of drug-likeness (QED) is 0.919. The molecule has 110 valence electrons. The Hall–Kier alpha value is -1.35. The molecule has 2 atom stereocenters. The van der Waals surface area contributed by atoms with Crippen molar-refractivity contribution in [3.63, 3.8) is 0 Å². The summed E-state index contributed by atoms with van der Waals surface area (Å²) in [5.74, 6) is 0.749. The van der Waals surface area contributed by atoms with Gasteiger partial charge in [-0.2, -0.15) is 0 Å². The zero-order valence-corrected chi connectivity index (χ0v) is 13.1. The van der Waals surface area contributed by atoms with Crippen molar-refractivity contribution in [3.05, 3.63) is 34.9 Å². The minimum Gasteiger partial charge on any atom is -0.338 e. The third-order valence-electron chi connectivity index (χ3n) is 4.53. The Bertz CT molecular complexity index is 484. The average Bonchev–Trinajstić information content (AvgIpc) is 2.45. The van der Waals surface area contributed by atoms with Crippen LogP contribution < -0.4 is 5.32 Å². The van der Waals surface area contributed by atoms with Crippen LogP contribution in [-0.2, 0) is 0 Å². The van der Waals surface area contributed by atoms with Gasteiger partial charge in [0.15, 0.2) is 0 Å². The lowest BCUT2D eigenvalue weighted by atomic mass is 9.89. The highest BCUT2D eigenvalue weighted by Crippen LogP contribution is 2.22. The van der Waals surface area contributed by atoms with Gasteiger partial charge in [-0.1, -0.05) is 31.0 Å². The van der Waals surface area contributed by atoms with Crippen molar-refractivity contribution < 1.29 is 4.79 Å². The number of aryl methyl sites for hydroxylation is 2. The molecule has 0 saturated carbocycles. The molecule has 1 aromatic carbocycles. The summed E-state index contributed by atoms with van der Waals surface area (Å²) in [6.45, 7) is 8.02. The van der Waals surface area contributed by atoms with Gasteiger partial charge in [-0.15, -0.1) is 0 Å². The van der Waals surface area contributed by atoms with E-state index in [1.165, 1.54) is 5.56 Å². The van der Waals surface area contributed by atoms with E-state index in [-0.39, 0.29) is 5.91 Å². The lowest BCUT2D eigenvalue weighted by Crippen LogP contribution is -2.50. The predicted molar refractivity (Wildman–Crippen MR) is 83.1 cm³/mol. The molecular formula is C17H26N2O. The third kappa shape index (κ3) is 3.04. The molecule has 1 aliphatic heterocycles. The molecule has 3 nitrogen and oxygen atoms in total. The fraction of sp³-hybridized carbons (Fsp3) is 0.588. The molecule has 0 radical (unpaired) electrons. The van der Waals surface area contributed by atoms with Gasteiger partial charge < -0.3 is 10.2 Å². The minimum atomic E-state index is 0.190. The van der Waals surface area contributed by atoms with Gasteiger partial charge in [-0.05, 0) is 44.9 Å². The summed E-state index contributed by atoms with van der Waals surface area (Å²) in [6, 6.07) is 6.63. The SMILES string of the molecule is CCC1CN(C(=O)c2ccc(C)cc2C)CCC1NC. The first-order valence-electron chi connectivity index (χ1n) is 7.60. The average molecular weight is 274 g/mol. The molecule has 1 aromatic rings. The standard InChI is InChI=1S/C17H26N2O/c1-5-14-11-19(9-8-16(14)18-4)17(20)15-7-6-12(2)10-13(15)3/h6-7,10,14,16,18H,5,8-9,11H2,1-4H3. The number of nitrogens with zero attached hydrogens (tertiary/aromatic N) is 1. The number of carbonyl (C=O) groups is 1. The third-order valence-corrected chi connectivity index (χ3v) is 4.53. The lowest BCUT2D eigenvalue weighted by Gasteiger charge is -2.38. The molecule has 1 amide bonds. The summed E-state index contributed by atoms with van der Waals surface area (Å²) >= 11 is 0. The van der Waals surface area contributed by atoms with Crippen molar-refractivity contribution in [1.82, 2.24) is 10.2 Å². The van der Waals surface area contributed by atoms with E-state index >= 15 is 0 Å². The first kappa shape index (κ1) is 15.0. The Kier molecular flexibility index (Phi) is 4.81. The summed E-state index contributed by atoms with van der Waals surface area (Å²) in [5.41, 5.74) is 3.14. The lowest BCUT2D eigenvalue weighted by molar-refractivity contribution is 0.0631. The van der Waals surface area contributed by atoms with Gasteiger partial charge in [0.1, 0.15) is 0 Å². The number of benzene rings is 1. The van der Waals surface area contributed by atoms with Crippen molar-refractivity contribution in [1.29, 1.82) is 0 Å². The Morgan fingerprint density at radius 2 is 2.15 bits per heavy atom. The number of hydrogen-bond donors (Lipinski definition) is 1. The Morgan fingerprint density at radius 3 is 2.75 bits per heavy atom. The van der Waals surface area contributed by atoms with E-state index < -0.39 is 0 Å². The Labute approximate surface area is 122 Å². The second-order valence-corrected chi connectivity index (χ2v) is 5.92. The van der Waals surface area contributed by atoms with Crippen LogP contribution in [0.5, 0.6) is 0 Å². The van der Waals surface area contributed by atoms with Crippen LogP contribution in [0.1, 0.15) is 41.3 Å². The molecule has 1 saturated heterocycles. The first-order valence-corrected chi connectivity index (χ1v) is 7.60. The molecule has 20 heavy (non-hydrogen) atoms. The van der Waals surface area contributed by atoms with Crippen LogP contribution in [0.3, 0.4) is 0 Å². The first-order chi connectivity index (χ1) is 9.56. The van der Waals surface area contributed by atoms with Crippen LogP contribution >= 0.6 is 0 Å². The Balaban J connectivity index is 2.13. The maximum Gasteiger partial charge on any atom is 0.254 e. The Morgan fingerprint density at radius 1 is 1.40 bits per heavy atom. The summed E-state index contributed by atoms with van der Waals surface area (Å²) in [5, 5.41) is 3.39. The maximum atomic E-state index is 12.7. The van der Waals surface area contributed by atoms with E-state index in [1.807, 2.05) is 31.0 Å². The topological polar surface area (TPSA) is 32.3 Å². The molecule has 0 aromatic heterocycles. The van der Waals surface area contributed by atoms with Gasteiger partial charge in [0, 0.05) is 24.7 Å². The van der Waals surface area contributed by atoms with Crippen LogP contribution in [0.15, 0.2) is 18.2 Å². The van der Waals surface area contributed by atoms with Crippen LogP contribution in [-0.4, -0.2) is 37.0 Å². The van der Waals surface area contributed by atoms with Crippen molar-refractivity contribution in [3.8, 4) is 0 Å². The van der Waals surface area contributed by atoms with Gasteiger partial charge in [0.2, 0.25) is 0 Å². The second kappa shape index (κ2) is 6.40. The van der Waals surface area contributed by atoms with E-state index in [0.29, 0.717) is 12.0 Å². The highest BCUT2D eigenvalue weighted by molar-refractivity contribution is 5.95. The smallest absolute Gasteiger partial charge is 0.254 e. The molecule has 0 aliphatic carbocycles. The van der Waals surface area contributed by atoms with Crippen molar-refractivity contribution in [2.75, 3.05) is 20.1 Å². The highest BCUT2D eigenvalue weighted by atomic mass is 16.2. The number of hydrogen-bond acceptors (Lipinski definition) is 2. The molecule has 1 heterocycles. The normalized spacial score (nSPS) is 22.9. The molecule has 1 N–H and O–H groups in total. The van der Waals surface area contributed by atoms with E-state index in [0.717, 1.165) is 37.1 Å². The van der Waals surface area contributed by atoms with E-state index in [1.54, 1.807) is 0 Å². The number of nitrogens with one attached hydrogen (secondary N) is 1. The van der Waals surface area contributed by atoms with Crippen LogP contribution in [0, 0.1) is 19.8 Å². The second-order valence-electron chi connectivity index (χ2n) is 5.92. The molecule has 2 unspecified atom stereocenters. The maximum absolute atomic E-state index is 12.7. The number of carbonyl (C=O) groups excluding carboxylic acids is 1. The number of piperidine rings is 1. The van der Waals surface area contributed by atoms with Crippen LogP contribution in [0.4, 0.5) is 0 Å². The molecule has 1 aliphatic rings. The summed E-state index contributed by atoms with van der Waals surface area (Å²) in [7, 11) is 2.02. The fourth-order valence-electron chi connectivity index (χ4n) is 3.23. The molecule has 0 spiro atoms.